The number of pyridine rings is 2. The summed E-state index contributed by atoms with van der Waals surface area (Å²) in [5.41, 5.74) is -0.793. The molecule has 40 heavy (non-hydrogen) atoms. The maximum atomic E-state index is 12.3. The van der Waals surface area contributed by atoms with Crippen LogP contribution in [0, 0.1) is 11.3 Å². The minimum absolute atomic E-state index is 0.0666. The van der Waals surface area contributed by atoms with E-state index < -0.39 is 28.8 Å². The van der Waals surface area contributed by atoms with Gasteiger partial charge in [-0.05, 0) is 65.7 Å². The summed E-state index contributed by atoms with van der Waals surface area (Å²) in [5, 5.41) is 36.4. The van der Waals surface area contributed by atoms with Crippen LogP contribution in [0.15, 0.2) is 36.8 Å². The summed E-state index contributed by atoms with van der Waals surface area (Å²) in [6.07, 6.45) is 4.40. The number of aliphatic carboxylic acids is 1. The van der Waals surface area contributed by atoms with Crippen LogP contribution < -0.4 is 15.0 Å². The number of alkyl carbamates (subject to hydrolysis) is 1. The number of hydrogen-bond donors (Lipinski definition) is 3. The monoisotopic (exact) mass is 550 g/mol. The lowest BCUT2D eigenvalue weighted by atomic mass is 9.87. The number of anilines is 1. The second-order valence-electron chi connectivity index (χ2n) is 11.6. The highest BCUT2D eigenvalue weighted by molar-refractivity contribution is 5.86. The van der Waals surface area contributed by atoms with Crippen molar-refractivity contribution in [2.75, 3.05) is 24.6 Å². The zero-order valence-corrected chi connectivity index (χ0v) is 23.3. The summed E-state index contributed by atoms with van der Waals surface area (Å²) in [7, 11) is 0. The van der Waals surface area contributed by atoms with Crippen molar-refractivity contribution >= 4 is 23.4 Å². The number of aliphatic hydroxyl groups is 1. The van der Waals surface area contributed by atoms with Gasteiger partial charge in [0.1, 0.15) is 35.4 Å². The molecule has 4 heterocycles. The Morgan fingerprint density at radius 1 is 1.18 bits per heavy atom. The normalized spacial score (nSPS) is 15.4. The molecule has 212 valence electrons. The molecule has 0 radical (unpaired) electrons. The maximum Gasteiger partial charge on any atom is 0.408 e. The Labute approximate surface area is 232 Å². The molecule has 1 aliphatic heterocycles. The molecule has 4 rings (SSSR count). The number of nitriles is 1. The predicted molar refractivity (Wildman–Crippen MR) is 146 cm³/mol. The molecule has 12 nitrogen and oxygen atoms in total. The van der Waals surface area contributed by atoms with Gasteiger partial charge in [0.25, 0.3) is 0 Å². The molecule has 0 atom stereocenters. The van der Waals surface area contributed by atoms with E-state index in [2.05, 4.69) is 21.5 Å². The third kappa shape index (κ3) is 6.43. The Hall–Kier alpha value is -4.37. The number of amides is 1. The van der Waals surface area contributed by atoms with Crippen LogP contribution in [0.2, 0.25) is 0 Å². The molecule has 3 aromatic rings. The second kappa shape index (κ2) is 10.7. The van der Waals surface area contributed by atoms with E-state index in [1.807, 2.05) is 17.0 Å². The van der Waals surface area contributed by atoms with Crippen LogP contribution in [0.5, 0.6) is 5.75 Å². The van der Waals surface area contributed by atoms with Gasteiger partial charge in [-0.1, -0.05) is 0 Å². The highest BCUT2D eigenvalue weighted by Crippen LogP contribution is 2.33. The molecule has 12 heteroatoms. The highest BCUT2D eigenvalue weighted by atomic mass is 16.6. The lowest BCUT2D eigenvalue weighted by molar-refractivity contribution is -0.145. The van der Waals surface area contributed by atoms with Crippen LogP contribution in [-0.4, -0.2) is 73.3 Å². The number of aromatic nitrogens is 3. The smallest absolute Gasteiger partial charge is 0.408 e. The van der Waals surface area contributed by atoms with Gasteiger partial charge in [0.15, 0.2) is 0 Å². The van der Waals surface area contributed by atoms with Gasteiger partial charge in [-0.15, -0.1) is 0 Å². The van der Waals surface area contributed by atoms with Crippen molar-refractivity contribution in [3.8, 4) is 22.9 Å². The van der Waals surface area contributed by atoms with Crippen molar-refractivity contribution in [2.45, 2.75) is 64.2 Å². The Kier molecular flexibility index (Phi) is 7.63. The SMILES string of the molecule is CC(C)(O)COc1cc(-c2ccc(N3CCC(NC(=O)OC(C)(C)C)(C(=O)O)CC3)nc2)c2c(C#N)cnn2c1. The standard InChI is InChI=1S/C28H34N6O6/c1-26(2,3)40-25(37)32-28(24(35)36)8-10-33(11-9-28)22-7-6-18(14-30-22)21-12-20(39-17-27(4,5)38)16-34-23(21)19(13-29)15-31-34/h6-7,12,14-16,38H,8-11,17H2,1-5H3,(H,32,37)(H,35,36). The maximum absolute atomic E-state index is 12.3. The van der Waals surface area contributed by atoms with Gasteiger partial charge in [0, 0.05) is 30.4 Å². The summed E-state index contributed by atoms with van der Waals surface area (Å²) in [5.74, 6) is 0.0189. The number of hydrogen-bond acceptors (Lipinski definition) is 9. The number of nitrogens with zero attached hydrogens (tertiary/aromatic N) is 5. The molecule has 0 aromatic carbocycles. The number of ether oxygens (including phenoxy) is 2. The molecule has 0 unspecified atom stereocenters. The molecule has 0 spiro atoms. The summed E-state index contributed by atoms with van der Waals surface area (Å²) in [6, 6.07) is 7.64. The van der Waals surface area contributed by atoms with Crippen molar-refractivity contribution in [1.82, 2.24) is 19.9 Å². The highest BCUT2D eigenvalue weighted by Gasteiger charge is 2.44. The molecule has 1 fully saturated rings. The first kappa shape index (κ1) is 28.6. The van der Waals surface area contributed by atoms with E-state index in [1.54, 1.807) is 57.6 Å². The zero-order chi connectivity index (χ0) is 29.3. The van der Waals surface area contributed by atoms with Gasteiger partial charge in [-0.3, -0.25) is 0 Å². The molecule has 0 aliphatic carbocycles. The molecule has 1 aliphatic rings. The van der Waals surface area contributed by atoms with Gasteiger partial charge < -0.3 is 29.9 Å². The number of carboxylic acid groups (broad SMARTS) is 1. The lowest BCUT2D eigenvalue weighted by Gasteiger charge is -2.39. The fourth-order valence-corrected chi connectivity index (χ4v) is 4.48. The Balaban J connectivity index is 1.54. The number of nitrogens with one attached hydrogen (secondary N) is 1. The van der Waals surface area contributed by atoms with Crippen LogP contribution in [0.3, 0.4) is 0 Å². The Bertz CT molecular complexity index is 1440. The molecule has 0 saturated carbocycles. The van der Waals surface area contributed by atoms with Crippen molar-refractivity contribution in [3.05, 3.63) is 42.4 Å². The molecular formula is C28H34N6O6. The number of fused-ring (bicyclic) bond motifs is 1. The van der Waals surface area contributed by atoms with Crippen molar-refractivity contribution in [1.29, 1.82) is 5.26 Å². The average molecular weight is 551 g/mol. The predicted octanol–water partition coefficient (Wildman–Crippen LogP) is 3.37. The van der Waals surface area contributed by atoms with Crippen LogP contribution in [-0.2, 0) is 9.53 Å². The number of rotatable bonds is 7. The minimum Gasteiger partial charge on any atom is -0.489 e. The van der Waals surface area contributed by atoms with E-state index in [0.29, 0.717) is 41.3 Å². The van der Waals surface area contributed by atoms with Gasteiger partial charge in [-0.2, -0.15) is 10.4 Å². The second-order valence-corrected chi connectivity index (χ2v) is 11.6. The lowest BCUT2D eigenvalue weighted by Crippen LogP contribution is -2.60. The van der Waals surface area contributed by atoms with Gasteiger partial charge in [0.05, 0.1) is 29.1 Å². The van der Waals surface area contributed by atoms with Gasteiger partial charge in [-0.25, -0.2) is 19.1 Å². The quantitative estimate of drug-likeness (QED) is 0.397. The van der Waals surface area contributed by atoms with Crippen LogP contribution in [0.1, 0.15) is 53.0 Å². The molecule has 1 saturated heterocycles. The largest absolute Gasteiger partial charge is 0.489 e. The summed E-state index contributed by atoms with van der Waals surface area (Å²) in [4.78, 5) is 31.0. The van der Waals surface area contributed by atoms with Crippen LogP contribution in [0.4, 0.5) is 10.6 Å². The van der Waals surface area contributed by atoms with E-state index in [4.69, 9.17) is 9.47 Å². The fourth-order valence-electron chi connectivity index (χ4n) is 4.48. The average Bonchev–Trinajstić information content (AvgIpc) is 3.29. The Morgan fingerprint density at radius 3 is 2.42 bits per heavy atom. The first-order chi connectivity index (χ1) is 18.7. The van der Waals surface area contributed by atoms with E-state index >= 15 is 0 Å². The number of carboxylic acids is 1. The fraction of sp³-hybridized carbons (Fsp3) is 0.464. The van der Waals surface area contributed by atoms with E-state index in [-0.39, 0.29) is 19.4 Å². The zero-order valence-electron chi connectivity index (χ0n) is 23.3. The first-order valence-electron chi connectivity index (χ1n) is 12.9. The van der Waals surface area contributed by atoms with E-state index in [0.717, 1.165) is 5.56 Å². The minimum atomic E-state index is -1.43. The van der Waals surface area contributed by atoms with Crippen LogP contribution in [0.25, 0.3) is 16.6 Å². The van der Waals surface area contributed by atoms with Gasteiger partial charge >= 0.3 is 12.1 Å². The van der Waals surface area contributed by atoms with Crippen molar-refractivity contribution in [2.24, 2.45) is 0 Å². The summed E-state index contributed by atoms with van der Waals surface area (Å²) >= 11 is 0. The third-order valence-corrected chi connectivity index (χ3v) is 6.45. The van der Waals surface area contributed by atoms with E-state index in [9.17, 15) is 25.1 Å². The first-order valence-corrected chi connectivity index (χ1v) is 12.9. The molecule has 3 aromatic heterocycles. The van der Waals surface area contributed by atoms with Crippen molar-refractivity contribution < 1.29 is 29.3 Å². The summed E-state index contributed by atoms with van der Waals surface area (Å²) in [6.45, 7) is 9.23. The summed E-state index contributed by atoms with van der Waals surface area (Å²) < 4.78 is 12.6. The topological polar surface area (TPSA) is 162 Å². The molecule has 1 amide bonds. The molecular weight excluding hydrogens is 516 g/mol. The number of piperidine rings is 1. The number of carbonyl (C=O) groups is 2. The molecule has 3 N–H and O–H groups in total. The van der Waals surface area contributed by atoms with Gasteiger partial charge in [0.2, 0.25) is 0 Å². The third-order valence-electron chi connectivity index (χ3n) is 6.45. The van der Waals surface area contributed by atoms with Crippen molar-refractivity contribution in [3.63, 3.8) is 0 Å². The Morgan fingerprint density at radius 2 is 1.88 bits per heavy atom. The number of carbonyl (C=O) groups excluding carboxylic acids is 1. The van der Waals surface area contributed by atoms with Crippen LogP contribution >= 0.6 is 0 Å². The van der Waals surface area contributed by atoms with E-state index in [1.165, 1.54) is 6.20 Å². The molecule has 0 bridgehead atoms.